The fourth-order valence-electron chi connectivity index (χ4n) is 2.33. The lowest BCUT2D eigenvalue weighted by molar-refractivity contribution is 1.12. The molecule has 0 atom stereocenters. The minimum atomic E-state index is 0.384. The highest BCUT2D eigenvalue weighted by atomic mass is 127. The van der Waals surface area contributed by atoms with Crippen molar-refractivity contribution in [2.75, 3.05) is 5.73 Å². The maximum atomic E-state index is 6.39. The molecule has 0 amide bonds. The van der Waals surface area contributed by atoms with Crippen LogP contribution < -0.4 is 5.73 Å². The van der Waals surface area contributed by atoms with Crippen molar-refractivity contribution in [2.24, 2.45) is 0 Å². The van der Waals surface area contributed by atoms with Crippen LogP contribution in [0, 0.1) is 3.57 Å². The average Bonchev–Trinajstić information content (AvgIpc) is 3.02. The molecular formula is C13H7ClIN5S. The molecule has 8 heteroatoms. The van der Waals surface area contributed by atoms with Crippen molar-refractivity contribution in [3.05, 3.63) is 38.9 Å². The second-order valence-corrected chi connectivity index (χ2v) is 6.65. The third-order valence-electron chi connectivity index (χ3n) is 3.22. The number of hydrogen-bond donors (Lipinski definition) is 1. The van der Waals surface area contributed by atoms with Gasteiger partial charge in [0, 0.05) is 3.57 Å². The Bertz CT molecular complexity index is 993. The molecule has 4 rings (SSSR count). The van der Waals surface area contributed by atoms with Gasteiger partial charge < -0.3 is 5.73 Å². The summed E-state index contributed by atoms with van der Waals surface area (Å²) in [7, 11) is 0. The molecule has 0 unspecified atom stereocenters. The van der Waals surface area contributed by atoms with Gasteiger partial charge in [0.25, 0.3) is 0 Å². The zero-order chi connectivity index (χ0) is 14.6. The molecule has 0 aliphatic rings. The van der Waals surface area contributed by atoms with Crippen LogP contribution in [-0.4, -0.2) is 18.3 Å². The molecule has 0 spiro atoms. The number of aromatic nitrogens is 4. The predicted octanol–water partition coefficient (Wildman–Crippen LogP) is 3.87. The molecule has 104 valence electrons. The van der Waals surface area contributed by atoms with Crippen molar-refractivity contribution in [3.63, 3.8) is 0 Å². The van der Waals surface area contributed by atoms with E-state index in [-0.39, 0.29) is 0 Å². The number of nitrogens with two attached hydrogens (primary N) is 1. The predicted molar refractivity (Wildman–Crippen MR) is 94.2 cm³/mol. The quantitative estimate of drug-likeness (QED) is 0.468. The van der Waals surface area contributed by atoms with Gasteiger partial charge >= 0.3 is 0 Å². The van der Waals surface area contributed by atoms with E-state index >= 15 is 0 Å². The summed E-state index contributed by atoms with van der Waals surface area (Å²) in [6.45, 7) is 0. The highest BCUT2D eigenvalue weighted by Crippen LogP contribution is 2.33. The summed E-state index contributed by atoms with van der Waals surface area (Å²) < 4.78 is 11.5. The van der Waals surface area contributed by atoms with Crippen molar-refractivity contribution < 1.29 is 0 Å². The number of imidazole rings is 1. The van der Waals surface area contributed by atoms with E-state index in [1.807, 2.05) is 28.8 Å². The lowest BCUT2D eigenvalue weighted by Crippen LogP contribution is -2.02. The Kier molecular flexibility index (Phi) is 3.02. The lowest BCUT2D eigenvalue weighted by Gasteiger charge is -2.09. The van der Waals surface area contributed by atoms with Crippen LogP contribution in [0.15, 0.2) is 30.3 Å². The van der Waals surface area contributed by atoms with E-state index in [9.17, 15) is 0 Å². The smallest absolute Gasteiger partial charge is 0.206 e. The molecule has 5 nitrogen and oxygen atoms in total. The third kappa shape index (κ3) is 1.99. The number of hydrogen-bond acceptors (Lipinski definition) is 5. The van der Waals surface area contributed by atoms with E-state index in [0.717, 1.165) is 43.1 Å². The Balaban J connectivity index is 2.16. The van der Waals surface area contributed by atoms with Crippen molar-refractivity contribution in [1.82, 2.24) is 18.3 Å². The number of benzene rings is 2. The SMILES string of the molecule is Nc1nc2cc(I)ccc2n1-c1c(Cl)ccc2nsnc12. The first-order chi connectivity index (χ1) is 10.1. The molecule has 0 saturated heterocycles. The summed E-state index contributed by atoms with van der Waals surface area (Å²) in [4.78, 5) is 4.42. The Labute approximate surface area is 142 Å². The van der Waals surface area contributed by atoms with Crippen LogP contribution in [0.1, 0.15) is 0 Å². The van der Waals surface area contributed by atoms with Crippen LogP contribution in [-0.2, 0) is 0 Å². The standard InChI is InChI=1S/C13H7ClIN5S/c14-7-2-3-8-11(19-21-18-8)12(7)20-10-4-1-6(15)5-9(10)17-13(20)16/h1-5H,(H2,16,17). The van der Waals surface area contributed by atoms with Crippen LogP contribution in [0.25, 0.3) is 27.8 Å². The fraction of sp³-hybridized carbons (Fsp3) is 0. The summed E-state index contributed by atoms with van der Waals surface area (Å²) in [6.07, 6.45) is 0. The summed E-state index contributed by atoms with van der Waals surface area (Å²) in [6, 6.07) is 9.63. The van der Waals surface area contributed by atoms with Crippen LogP contribution in [0.2, 0.25) is 5.02 Å². The first-order valence-electron chi connectivity index (χ1n) is 6.00. The van der Waals surface area contributed by atoms with Gasteiger partial charge in [-0.3, -0.25) is 4.57 Å². The Morgan fingerprint density at radius 1 is 1.14 bits per heavy atom. The molecule has 4 aromatic rings. The van der Waals surface area contributed by atoms with Gasteiger partial charge in [-0.1, -0.05) is 11.6 Å². The van der Waals surface area contributed by atoms with Crippen molar-refractivity contribution in [3.8, 4) is 5.69 Å². The summed E-state index contributed by atoms with van der Waals surface area (Å²) in [5, 5.41) is 0.569. The van der Waals surface area contributed by atoms with Crippen molar-refractivity contribution >= 4 is 73.9 Å². The Morgan fingerprint density at radius 2 is 2.00 bits per heavy atom. The topological polar surface area (TPSA) is 69.6 Å². The Morgan fingerprint density at radius 3 is 2.86 bits per heavy atom. The summed E-state index contributed by atoms with van der Waals surface area (Å²) in [5.41, 5.74) is 10.1. The average molecular weight is 428 g/mol. The molecule has 2 aromatic heterocycles. The van der Waals surface area contributed by atoms with E-state index in [2.05, 4.69) is 36.3 Å². The fourth-order valence-corrected chi connectivity index (χ4v) is 3.58. The maximum absolute atomic E-state index is 6.39. The Hall–Kier alpha value is -1.45. The first-order valence-corrected chi connectivity index (χ1v) is 8.18. The lowest BCUT2D eigenvalue weighted by atomic mass is 10.2. The van der Waals surface area contributed by atoms with Gasteiger partial charge in [0.2, 0.25) is 5.95 Å². The van der Waals surface area contributed by atoms with Gasteiger partial charge in [-0.15, -0.1) is 0 Å². The third-order valence-corrected chi connectivity index (χ3v) is 4.74. The molecule has 2 heterocycles. The maximum Gasteiger partial charge on any atom is 0.206 e. The minimum absolute atomic E-state index is 0.384. The van der Waals surface area contributed by atoms with Crippen molar-refractivity contribution in [1.29, 1.82) is 0 Å². The largest absolute Gasteiger partial charge is 0.369 e. The molecule has 2 N–H and O–H groups in total. The van der Waals surface area contributed by atoms with Gasteiger partial charge in [-0.05, 0) is 52.9 Å². The molecule has 21 heavy (non-hydrogen) atoms. The molecule has 0 fully saturated rings. The number of fused-ring (bicyclic) bond motifs is 2. The van der Waals surface area contributed by atoms with Crippen LogP contribution in [0.3, 0.4) is 0 Å². The number of halogens is 2. The van der Waals surface area contributed by atoms with Crippen LogP contribution >= 0.6 is 45.9 Å². The van der Waals surface area contributed by atoms with Gasteiger partial charge in [-0.25, -0.2) is 4.98 Å². The van der Waals surface area contributed by atoms with Crippen LogP contribution in [0.4, 0.5) is 5.95 Å². The second kappa shape index (κ2) is 4.79. The molecule has 0 radical (unpaired) electrons. The van der Waals surface area contributed by atoms with E-state index < -0.39 is 0 Å². The van der Waals surface area contributed by atoms with E-state index in [0.29, 0.717) is 11.0 Å². The van der Waals surface area contributed by atoms with E-state index in [1.165, 1.54) is 0 Å². The van der Waals surface area contributed by atoms with Gasteiger partial charge in [0.15, 0.2) is 0 Å². The number of rotatable bonds is 1. The number of nitrogens with zero attached hydrogens (tertiary/aromatic N) is 4. The first kappa shape index (κ1) is 13.2. The zero-order valence-corrected chi connectivity index (χ0v) is 14.1. The second-order valence-electron chi connectivity index (χ2n) is 4.47. The minimum Gasteiger partial charge on any atom is -0.369 e. The van der Waals surface area contributed by atoms with Crippen LogP contribution in [0.5, 0.6) is 0 Å². The van der Waals surface area contributed by atoms with Gasteiger partial charge in [0.1, 0.15) is 11.0 Å². The van der Waals surface area contributed by atoms with Gasteiger partial charge in [-0.2, -0.15) is 8.75 Å². The molecule has 0 saturated carbocycles. The summed E-state index contributed by atoms with van der Waals surface area (Å²) in [5.74, 6) is 0.384. The van der Waals surface area contributed by atoms with E-state index in [4.69, 9.17) is 17.3 Å². The van der Waals surface area contributed by atoms with Gasteiger partial charge in [0.05, 0.1) is 33.5 Å². The van der Waals surface area contributed by atoms with Crippen molar-refractivity contribution in [2.45, 2.75) is 0 Å². The number of nitrogen functional groups attached to an aromatic ring is 1. The zero-order valence-electron chi connectivity index (χ0n) is 10.4. The molecule has 0 aliphatic heterocycles. The normalized spacial score (nSPS) is 11.5. The van der Waals surface area contributed by atoms with E-state index in [1.54, 1.807) is 6.07 Å². The molecule has 0 bridgehead atoms. The highest BCUT2D eigenvalue weighted by molar-refractivity contribution is 14.1. The molecule has 2 aromatic carbocycles. The highest BCUT2D eigenvalue weighted by Gasteiger charge is 2.17. The molecule has 0 aliphatic carbocycles. The monoisotopic (exact) mass is 427 g/mol. The summed E-state index contributed by atoms with van der Waals surface area (Å²) >= 11 is 9.79. The number of anilines is 1. The molecular weight excluding hydrogens is 421 g/mol.